The Morgan fingerprint density at radius 1 is 1.50 bits per heavy atom. The monoisotopic (exact) mass is 202 g/mol. The molecule has 1 aromatic heterocycles. The lowest BCUT2D eigenvalue weighted by Crippen LogP contribution is -1.92. The van der Waals surface area contributed by atoms with Crippen molar-refractivity contribution < 1.29 is 8.42 Å². The molecule has 0 fully saturated rings. The summed E-state index contributed by atoms with van der Waals surface area (Å²) in [5.41, 5.74) is 0.164. The first-order valence-electron chi connectivity index (χ1n) is 2.84. The van der Waals surface area contributed by atoms with Crippen LogP contribution in [0.2, 0.25) is 0 Å². The molecule has 0 radical (unpaired) electrons. The minimum absolute atomic E-state index is 0.164. The lowest BCUT2D eigenvalue weighted by Gasteiger charge is -1.93. The summed E-state index contributed by atoms with van der Waals surface area (Å²) < 4.78 is 21.4. The summed E-state index contributed by atoms with van der Waals surface area (Å²) in [6.07, 6.45) is 2.34. The van der Waals surface area contributed by atoms with Crippen molar-refractivity contribution in [2.75, 3.05) is 0 Å². The molecular weight excluding hydrogens is 200 g/mol. The van der Waals surface area contributed by atoms with Crippen LogP contribution in [0.15, 0.2) is 23.4 Å². The average Bonchev–Trinajstić information content (AvgIpc) is 2.03. The molecule has 0 atom stereocenters. The second-order valence-electron chi connectivity index (χ2n) is 1.96. The van der Waals surface area contributed by atoms with Gasteiger partial charge in [0.25, 0.3) is 9.05 Å². The second kappa shape index (κ2) is 3.09. The third-order valence-corrected chi connectivity index (χ3v) is 2.44. The fourth-order valence-electron chi connectivity index (χ4n) is 0.613. The van der Waals surface area contributed by atoms with E-state index in [1.165, 1.54) is 6.20 Å². The molecule has 0 unspecified atom stereocenters. The number of nitriles is 1. The first-order chi connectivity index (χ1) is 5.54. The fraction of sp³-hybridized carbons (Fsp3) is 0. The Balaban J connectivity index is 3.32. The summed E-state index contributed by atoms with van der Waals surface area (Å²) in [7, 11) is 1.23. The third-order valence-electron chi connectivity index (χ3n) is 1.12. The highest BCUT2D eigenvalue weighted by Gasteiger charge is 2.10. The maximum Gasteiger partial charge on any atom is 0.262 e. The van der Waals surface area contributed by atoms with Gasteiger partial charge in [-0.15, -0.1) is 0 Å². The van der Waals surface area contributed by atoms with Gasteiger partial charge in [0.15, 0.2) is 0 Å². The van der Waals surface area contributed by atoms with Gasteiger partial charge in [0.1, 0.15) is 11.0 Å². The number of hydrogen-bond acceptors (Lipinski definition) is 4. The molecule has 4 nitrogen and oxygen atoms in total. The van der Waals surface area contributed by atoms with E-state index in [1.54, 1.807) is 6.07 Å². The maximum absolute atomic E-state index is 10.7. The van der Waals surface area contributed by atoms with Crippen LogP contribution in [0.5, 0.6) is 0 Å². The molecule has 1 heterocycles. The van der Waals surface area contributed by atoms with Crippen molar-refractivity contribution in [3.63, 3.8) is 0 Å². The maximum atomic E-state index is 10.7. The first kappa shape index (κ1) is 8.97. The van der Waals surface area contributed by atoms with Gasteiger partial charge >= 0.3 is 0 Å². The zero-order chi connectivity index (χ0) is 9.19. The SMILES string of the molecule is N#Cc1cncc(S(=O)(=O)Cl)c1. The lowest BCUT2D eigenvalue weighted by atomic mass is 10.3. The normalized spacial score (nSPS) is 10.7. The molecular formula is C6H3ClN2O2S. The van der Waals surface area contributed by atoms with Gasteiger partial charge in [0, 0.05) is 23.1 Å². The number of halogens is 1. The molecule has 0 N–H and O–H groups in total. The van der Waals surface area contributed by atoms with Crippen molar-refractivity contribution in [1.29, 1.82) is 5.26 Å². The quantitative estimate of drug-likeness (QED) is 0.634. The first-order valence-corrected chi connectivity index (χ1v) is 5.15. The summed E-state index contributed by atoms with van der Waals surface area (Å²) in [6, 6.07) is 2.92. The Kier molecular flexibility index (Phi) is 2.31. The molecule has 0 bridgehead atoms. The van der Waals surface area contributed by atoms with Crippen LogP contribution in [0.3, 0.4) is 0 Å². The van der Waals surface area contributed by atoms with E-state index < -0.39 is 9.05 Å². The van der Waals surface area contributed by atoms with Gasteiger partial charge in [0.05, 0.1) is 5.56 Å². The number of nitrogens with zero attached hydrogens (tertiary/aromatic N) is 2. The van der Waals surface area contributed by atoms with E-state index in [4.69, 9.17) is 15.9 Å². The van der Waals surface area contributed by atoms with E-state index in [-0.39, 0.29) is 10.5 Å². The van der Waals surface area contributed by atoms with Crippen LogP contribution in [0, 0.1) is 11.3 Å². The predicted molar refractivity (Wildman–Crippen MR) is 42.0 cm³/mol. The van der Waals surface area contributed by atoms with Crippen LogP contribution in [-0.2, 0) is 9.05 Å². The van der Waals surface area contributed by atoms with E-state index in [1.807, 2.05) is 0 Å². The van der Waals surface area contributed by atoms with Crippen LogP contribution < -0.4 is 0 Å². The van der Waals surface area contributed by atoms with Crippen molar-refractivity contribution in [2.24, 2.45) is 0 Å². The Morgan fingerprint density at radius 2 is 2.17 bits per heavy atom. The van der Waals surface area contributed by atoms with Crippen molar-refractivity contribution in [3.05, 3.63) is 24.0 Å². The van der Waals surface area contributed by atoms with Crippen molar-refractivity contribution >= 4 is 19.7 Å². The van der Waals surface area contributed by atoms with Gasteiger partial charge in [-0.3, -0.25) is 4.98 Å². The smallest absolute Gasteiger partial charge is 0.262 e. The summed E-state index contributed by atoms with van der Waals surface area (Å²) in [4.78, 5) is 3.37. The van der Waals surface area contributed by atoms with Crippen LogP contribution >= 0.6 is 10.7 Å². The largest absolute Gasteiger partial charge is 0.262 e. The zero-order valence-electron chi connectivity index (χ0n) is 5.73. The van der Waals surface area contributed by atoms with Gasteiger partial charge in [0.2, 0.25) is 0 Å². The average molecular weight is 203 g/mol. The number of pyridine rings is 1. The molecule has 0 aliphatic carbocycles. The van der Waals surface area contributed by atoms with Crippen LogP contribution in [0.25, 0.3) is 0 Å². The molecule has 12 heavy (non-hydrogen) atoms. The zero-order valence-corrected chi connectivity index (χ0v) is 7.30. The summed E-state index contributed by atoms with van der Waals surface area (Å²) in [5.74, 6) is 0. The Labute approximate surface area is 73.8 Å². The van der Waals surface area contributed by atoms with Gasteiger partial charge in [-0.2, -0.15) is 5.26 Å². The minimum Gasteiger partial charge on any atom is -0.262 e. The summed E-state index contributed by atoms with van der Waals surface area (Å²) in [6.45, 7) is 0. The minimum atomic E-state index is -3.78. The second-order valence-corrected chi connectivity index (χ2v) is 4.52. The number of rotatable bonds is 1. The third kappa shape index (κ3) is 1.94. The molecule has 0 saturated heterocycles. The van der Waals surface area contributed by atoms with Crippen LogP contribution in [0.4, 0.5) is 0 Å². The number of hydrogen-bond donors (Lipinski definition) is 0. The molecule has 0 spiro atoms. The summed E-state index contributed by atoms with van der Waals surface area (Å²) >= 11 is 0. The van der Waals surface area contributed by atoms with Crippen molar-refractivity contribution in [1.82, 2.24) is 4.98 Å². The molecule has 0 aromatic carbocycles. The van der Waals surface area contributed by atoms with E-state index in [0.29, 0.717) is 0 Å². The predicted octanol–water partition coefficient (Wildman–Crippen LogP) is 0.881. The Morgan fingerprint density at radius 3 is 2.67 bits per heavy atom. The highest BCUT2D eigenvalue weighted by molar-refractivity contribution is 8.13. The molecule has 62 valence electrons. The molecule has 0 aliphatic heterocycles. The van der Waals surface area contributed by atoms with Gasteiger partial charge in [-0.1, -0.05) is 0 Å². The molecule has 0 aliphatic rings. The van der Waals surface area contributed by atoms with E-state index in [2.05, 4.69) is 4.98 Å². The van der Waals surface area contributed by atoms with E-state index >= 15 is 0 Å². The van der Waals surface area contributed by atoms with Crippen LogP contribution in [0.1, 0.15) is 5.56 Å². The lowest BCUT2D eigenvalue weighted by molar-refractivity contribution is 0.609. The van der Waals surface area contributed by atoms with Crippen molar-refractivity contribution in [3.8, 4) is 6.07 Å². The van der Waals surface area contributed by atoms with Gasteiger partial charge in [-0.05, 0) is 6.07 Å². The van der Waals surface area contributed by atoms with E-state index in [0.717, 1.165) is 12.3 Å². The molecule has 0 saturated carbocycles. The molecule has 0 amide bonds. The highest BCUT2D eigenvalue weighted by atomic mass is 35.7. The standard InChI is InChI=1S/C6H3ClN2O2S/c7-12(10,11)6-1-5(2-8)3-9-4-6/h1,3-4H. The van der Waals surface area contributed by atoms with E-state index in [9.17, 15) is 8.42 Å². The molecule has 6 heteroatoms. The molecule has 1 rings (SSSR count). The van der Waals surface area contributed by atoms with Crippen LogP contribution in [-0.4, -0.2) is 13.4 Å². The van der Waals surface area contributed by atoms with Crippen molar-refractivity contribution in [2.45, 2.75) is 4.90 Å². The number of aromatic nitrogens is 1. The molecule has 1 aromatic rings. The fourth-order valence-corrected chi connectivity index (χ4v) is 1.32. The Bertz CT molecular complexity index is 435. The van der Waals surface area contributed by atoms with Gasteiger partial charge in [-0.25, -0.2) is 8.42 Å². The topological polar surface area (TPSA) is 70.8 Å². The highest BCUT2D eigenvalue weighted by Crippen LogP contribution is 2.13. The summed E-state index contributed by atoms with van der Waals surface area (Å²) in [5, 5.41) is 8.40. The Hall–Kier alpha value is -1.12. The van der Waals surface area contributed by atoms with Gasteiger partial charge < -0.3 is 0 Å².